The fourth-order valence-corrected chi connectivity index (χ4v) is 3.67. The molecule has 2 rings (SSSR count). The van der Waals surface area contributed by atoms with E-state index in [4.69, 9.17) is 9.47 Å². The fourth-order valence-electron chi connectivity index (χ4n) is 3.67. The standard InChI is InChI=1S/C14H24O2/c1-15-9-13-11-7-5-3-4-6-8-12(11)14(13)10-16-2/h3-4,11-14H,5-10H2,1-2H3/b4-3-/t11-,12-,13-,14+/m0/s1. The van der Waals surface area contributed by atoms with E-state index < -0.39 is 0 Å². The SMILES string of the molecule is COC[C@@H]1[C@H]2CC/C=C\CC[C@@H]2[C@@H]1COC. The summed E-state index contributed by atoms with van der Waals surface area (Å²) in [6, 6.07) is 0. The molecule has 2 nitrogen and oxygen atoms in total. The van der Waals surface area contributed by atoms with Crippen LogP contribution in [0.1, 0.15) is 25.7 Å². The minimum absolute atomic E-state index is 0.737. The van der Waals surface area contributed by atoms with Gasteiger partial charge in [0.2, 0.25) is 0 Å². The predicted octanol–water partition coefficient (Wildman–Crippen LogP) is 2.89. The van der Waals surface area contributed by atoms with Crippen molar-refractivity contribution in [3.8, 4) is 0 Å². The fraction of sp³-hybridized carbons (Fsp3) is 0.857. The molecule has 2 aliphatic rings. The summed E-state index contributed by atoms with van der Waals surface area (Å²) in [6.07, 6.45) is 9.89. The van der Waals surface area contributed by atoms with Crippen LogP contribution < -0.4 is 0 Å². The first-order chi connectivity index (χ1) is 7.88. The zero-order chi connectivity index (χ0) is 11.4. The first-order valence-corrected chi connectivity index (χ1v) is 6.51. The lowest BCUT2D eigenvalue weighted by molar-refractivity contribution is -0.101. The van der Waals surface area contributed by atoms with E-state index in [0.717, 1.165) is 36.9 Å². The van der Waals surface area contributed by atoms with Gasteiger partial charge < -0.3 is 9.47 Å². The summed E-state index contributed by atoms with van der Waals surface area (Å²) in [5.74, 6) is 3.23. The summed E-state index contributed by atoms with van der Waals surface area (Å²) < 4.78 is 10.7. The molecule has 0 spiro atoms. The molecular formula is C14H24O2. The molecule has 0 aromatic rings. The Bertz CT molecular complexity index is 213. The Kier molecular flexibility index (Phi) is 4.42. The zero-order valence-electron chi connectivity index (χ0n) is 10.5. The second kappa shape index (κ2) is 5.83. The number of fused-ring (bicyclic) bond motifs is 1. The molecule has 0 bridgehead atoms. The van der Waals surface area contributed by atoms with Crippen molar-refractivity contribution >= 4 is 0 Å². The van der Waals surface area contributed by atoms with Crippen molar-refractivity contribution in [2.75, 3.05) is 27.4 Å². The summed E-state index contributed by atoms with van der Waals surface area (Å²) in [5.41, 5.74) is 0. The monoisotopic (exact) mass is 224 g/mol. The van der Waals surface area contributed by atoms with E-state index in [1.165, 1.54) is 25.7 Å². The molecule has 1 saturated carbocycles. The largest absolute Gasteiger partial charge is 0.384 e. The molecule has 0 amide bonds. The second-order valence-corrected chi connectivity index (χ2v) is 5.19. The topological polar surface area (TPSA) is 18.5 Å². The molecule has 0 radical (unpaired) electrons. The van der Waals surface area contributed by atoms with Crippen LogP contribution in [0.2, 0.25) is 0 Å². The Hall–Kier alpha value is -0.340. The van der Waals surface area contributed by atoms with Crippen LogP contribution in [0.5, 0.6) is 0 Å². The smallest absolute Gasteiger partial charge is 0.0496 e. The number of methoxy groups -OCH3 is 2. The van der Waals surface area contributed by atoms with Crippen LogP contribution in [0, 0.1) is 23.7 Å². The van der Waals surface area contributed by atoms with Crippen LogP contribution in [0.15, 0.2) is 12.2 Å². The molecule has 16 heavy (non-hydrogen) atoms. The summed E-state index contributed by atoms with van der Waals surface area (Å²) >= 11 is 0. The normalized spacial score (nSPS) is 40.4. The number of rotatable bonds is 4. The highest BCUT2D eigenvalue weighted by atomic mass is 16.5. The minimum atomic E-state index is 0.737. The lowest BCUT2D eigenvalue weighted by atomic mass is 9.54. The van der Waals surface area contributed by atoms with E-state index in [9.17, 15) is 0 Å². The minimum Gasteiger partial charge on any atom is -0.384 e. The van der Waals surface area contributed by atoms with Crippen LogP contribution in [0.25, 0.3) is 0 Å². The molecule has 0 heterocycles. The van der Waals surface area contributed by atoms with E-state index in [2.05, 4.69) is 12.2 Å². The Morgan fingerprint density at radius 1 is 0.875 bits per heavy atom. The Morgan fingerprint density at radius 2 is 1.31 bits per heavy atom. The van der Waals surface area contributed by atoms with Crippen molar-refractivity contribution in [3.63, 3.8) is 0 Å². The van der Waals surface area contributed by atoms with Gasteiger partial charge in [0.05, 0.1) is 0 Å². The molecular weight excluding hydrogens is 200 g/mol. The number of ether oxygens (including phenoxy) is 2. The van der Waals surface area contributed by atoms with Crippen molar-refractivity contribution in [1.82, 2.24) is 0 Å². The lowest BCUT2D eigenvalue weighted by Gasteiger charge is -2.52. The van der Waals surface area contributed by atoms with Crippen molar-refractivity contribution in [2.24, 2.45) is 23.7 Å². The molecule has 4 atom stereocenters. The molecule has 0 N–H and O–H groups in total. The van der Waals surface area contributed by atoms with Crippen LogP contribution in [-0.4, -0.2) is 27.4 Å². The number of allylic oxidation sites excluding steroid dienone is 2. The van der Waals surface area contributed by atoms with Gasteiger partial charge in [0.15, 0.2) is 0 Å². The van der Waals surface area contributed by atoms with Gasteiger partial charge in [0.25, 0.3) is 0 Å². The molecule has 2 aliphatic carbocycles. The van der Waals surface area contributed by atoms with Gasteiger partial charge in [-0.15, -0.1) is 0 Å². The van der Waals surface area contributed by atoms with Gasteiger partial charge in [-0.3, -0.25) is 0 Å². The van der Waals surface area contributed by atoms with Crippen LogP contribution in [-0.2, 0) is 9.47 Å². The lowest BCUT2D eigenvalue weighted by Crippen LogP contribution is -2.51. The molecule has 0 aliphatic heterocycles. The Balaban J connectivity index is 1.98. The van der Waals surface area contributed by atoms with E-state index in [1.54, 1.807) is 0 Å². The second-order valence-electron chi connectivity index (χ2n) is 5.19. The van der Waals surface area contributed by atoms with Crippen molar-refractivity contribution in [3.05, 3.63) is 12.2 Å². The van der Waals surface area contributed by atoms with Gasteiger partial charge in [-0.05, 0) is 49.4 Å². The Morgan fingerprint density at radius 3 is 1.69 bits per heavy atom. The molecule has 92 valence electrons. The summed E-state index contributed by atoms with van der Waals surface area (Å²) in [7, 11) is 3.64. The van der Waals surface area contributed by atoms with Gasteiger partial charge in [-0.2, -0.15) is 0 Å². The highest BCUT2D eigenvalue weighted by Gasteiger charge is 2.48. The number of hydrogen-bond donors (Lipinski definition) is 0. The third kappa shape index (κ3) is 2.33. The molecule has 0 aromatic carbocycles. The van der Waals surface area contributed by atoms with E-state index in [0.29, 0.717) is 0 Å². The van der Waals surface area contributed by atoms with E-state index in [-0.39, 0.29) is 0 Å². The maximum Gasteiger partial charge on any atom is 0.0496 e. The van der Waals surface area contributed by atoms with Gasteiger partial charge in [0, 0.05) is 27.4 Å². The zero-order valence-corrected chi connectivity index (χ0v) is 10.5. The van der Waals surface area contributed by atoms with Gasteiger partial charge >= 0.3 is 0 Å². The summed E-state index contributed by atoms with van der Waals surface area (Å²) in [4.78, 5) is 0. The summed E-state index contributed by atoms with van der Waals surface area (Å²) in [5, 5.41) is 0. The van der Waals surface area contributed by atoms with Gasteiger partial charge in [0.1, 0.15) is 0 Å². The van der Waals surface area contributed by atoms with Crippen LogP contribution >= 0.6 is 0 Å². The molecule has 0 saturated heterocycles. The first kappa shape index (κ1) is 12.1. The van der Waals surface area contributed by atoms with Crippen molar-refractivity contribution in [2.45, 2.75) is 25.7 Å². The van der Waals surface area contributed by atoms with Crippen LogP contribution in [0.3, 0.4) is 0 Å². The molecule has 0 aromatic heterocycles. The Labute approximate surface area is 99.0 Å². The summed E-state index contributed by atoms with van der Waals surface area (Å²) in [6.45, 7) is 1.83. The molecule has 1 fully saturated rings. The van der Waals surface area contributed by atoms with Gasteiger partial charge in [-0.1, -0.05) is 12.2 Å². The average Bonchev–Trinajstić information content (AvgIpc) is 2.26. The van der Waals surface area contributed by atoms with Crippen molar-refractivity contribution < 1.29 is 9.47 Å². The maximum atomic E-state index is 5.37. The van der Waals surface area contributed by atoms with E-state index in [1.807, 2.05) is 14.2 Å². The maximum absolute atomic E-state index is 5.37. The van der Waals surface area contributed by atoms with Crippen LogP contribution in [0.4, 0.5) is 0 Å². The predicted molar refractivity (Wildman–Crippen MR) is 65.3 cm³/mol. The highest BCUT2D eigenvalue weighted by molar-refractivity contribution is 5.00. The highest BCUT2D eigenvalue weighted by Crippen LogP contribution is 2.51. The third-order valence-corrected chi connectivity index (χ3v) is 4.42. The van der Waals surface area contributed by atoms with Gasteiger partial charge in [-0.25, -0.2) is 0 Å². The molecule has 0 unspecified atom stereocenters. The third-order valence-electron chi connectivity index (χ3n) is 4.42. The van der Waals surface area contributed by atoms with E-state index >= 15 is 0 Å². The quantitative estimate of drug-likeness (QED) is 0.684. The average molecular weight is 224 g/mol. The van der Waals surface area contributed by atoms with Crippen molar-refractivity contribution in [1.29, 1.82) is 0 Å². The number of hydrogen-bond acceptors (Lipinski definition) is 2. The first-order valence-electron chi connectivity index (χ1n) is 6.51. The molecule has 2 heteroatoms.